The molecule has 1 N–H and O–H groups in total. The highest BCUT2D eigenvalue weighted by Crippen LogP contribution is 2.27. The number of fused-ring (bicyclic) bond motifs is 2. The summed E-state index contributed by atoms with van der Waals surface area (Å²) < 4.78 is 0. The van der Waals surface area contributed by atoms with E-state index in [2.05, 4.69) is 4.98 Å². The van der Waals surface area contributed by atoms with E-state index in [1.54, 1.807) is 18.3 Å². The van der Waals surface area contributed by atoms with Gasteiger partial charge >= 0.3 is 0 Å². The van der Waals surface area contributed by atoms with E-state index < -0.39 is 12.0 Å². The molecule has 0 spiro atoms. The Labute approximate surface area is 138 Å². The molecule has 120 valence electrons. The molecule has 0 aliphatic carbocycles. The highest BCUT2D eigenvalue weighted by Gasteiger charge is 2.33. The molecule has 0 saturated carbocycles. The number of nitrogens with zero attached hydrogens (tertiary/aromatic N) is 1. The Kier molecular flexibility index (Phi) is 3.34. The van der Waals surface area contributed by atoms with Gasteiger partial charge in [-0.2, -0.15) is 0 Å². The molecule has 0 fully saturated rings. The van der Waals surface area contributed by atoms with E-state index in [4.69, 9.17) is 0 Å². The molecule has 1 amide bonds. The first-order valence-electron chi connectivity index (χ1n) is 7.80. The van der Waals surface area contributed by atoms with Crippen LogP contribution in [0.2, 0.25) is 0 Å². The fourth-order valence-electron chi connectivity index (χ4n) is 3.36. The van der Waals surface area contributed by atoms with Crippen LogP contribution in [0.25, 0.3) is 10.9 Å². The average molecular weight is 319 g/mol. The van der Waals surface area contributed by atoms with Gasteiger partial charge in [-0.1, -0.05) is 36.4 Å². The number of hydrogen-bond donors (Lipinski definition) is 1. The van der Waals surface area contributed by atoms with Crippen LogP contribution in [0.1, 0.15) is 21.5 Å². The number of carboxylic acids is 1. The molecule has 0 bridgehead atoms. The second-order valence-corrected chi connectivity index (χ2v) is 5.99. The van der Waals surface area contributed by atoms with Crippen LogP contribution in [-0.2, 0) is 17.8 Å². The van der Waals surface area contributed by atoms with Gasteiger partial charge in [0.05, 0.1) is 12.0 Å². The van der Waals surface area contributed by atoms with Crippen LogP contribution >= 0.6 is 0 Å². The number of benzene rings is 2. The van der Waals surface area contributed by atoms with Crippen LogP contribution in [0.15, 0.2) is 54.7 Å². The largest absolute Gasteiger partial charge is 0.548 e. The van der Waals surface area contributed by atoms with Gasteiger partial charge in [0.2, 0.25) is 0 Å². The molecule has 24 heavy (non-hydrogen) atoms. The predicted octanol–water partition coefficient (Wildman–Crippen LogP) is 1.48. The molecule has 3 aromatic rings. The maximum absolute atomic E-state index is 12.6. The molecule has 0 unspecified atom stereocenters. The third-order valence-electron chi connectivity index (χ3n) is 4.59. The Morgan fingerprint density at radius 2 is 1.92 bits per heavy atom. The molecule has 2 aromatic carbocycles. The summed E-state index contributed by atoms with van der Waals surface area (Å²) in [6, 6.07) is 13.9. The zero-order valence-electron chi connectivity index (χ0n) is 12.9. The molecule has 1 aromatic heterocycles. The van der Waals surface area contributed by atoms with Crippen molar-refractivity contribution in [3.05, 3.63) is 71.4 Å². The van der Waals surface area contributed by atoms with Crippen LogP contribution in [0.4, 0.5) is 0 Å². The summed E-state index contributed by atoms with van der Waals surface area (Å²) in [7, 11) is 0. The van der Waals surface area contributed by atoms with Crippen LogP contribution in [0.3, 0.4) is 0 Å². The van der Waals surface area contributed by atoms with Crippen molar-refractivity contribution in [2.45, 2.75) is 19.0 Å². The summed E-state index contributed by atoms with van der Waals surface area (Å²) in [5, 5.41) is 12.7. The quantitative estimate of drug-likeness (QED) is 0.791. The molecule has 0 saturated heterocycles. The number of amides is 1. The van der Waals surface area contributed by atoms with E-state index in [0.717, 1.165) is 22.0 Å². The lowest BCUT2D eigenvalue weighted by Crippen LogP contribution is -2.49. The summed E-state index contributed by atoms with van der Waals surface area (Å²) in [5.74, 6) is -1.49. The molecule has 5 heteroatoms. The first-order valence-corrected chi connectivity index (χ1v) is 7.80. The van der Waals surface area contributed by atoms with Gasteiger partial charge in [0.15, 0.2) is 0 Å². The van der Waals surface area contributed by atoms with Gasteiger partial charge in [0.1, 0.15) is 0 Å². The molecule has 4 rings (SSSR count). The van der Waals surface area contributed by atoms with Crippen molar-refractivity contribution in [3.63, 3.8) is 0 Å². The van der Waals surface area contributed by atoms with Crippen molar-refractivity contribution < 1.29 is 14.7 Å². The van der Waals surface area contributed by atoms with Gasteiger partial charge in [-0.3, -0.25) is 4.79 Å². The number of carboxylic acid groups (broad SMARTS) is 1. The van der Waals surface area contributed by atoms with Gasteiger partial charge in [-0.15, -0.1) is 0 Å². The van der Waals surface area contributed by atoms with E-state index in [1.165, 1.54) is 4.90 Å². The Hall–Kier alpha value is -3.08. The Balaban J connectivity index is 1.67. The minimum Gasteiger partial charge on any atom is -0.548 e. The first kappa shape index (κ1) is 14.5. The number of carbonyl (C=O) groups excluding carboxylic acids is 2. The molecule has 0 radical (unpaired) electrons. The SMILES string of the molecule is O=C([O-])[C@@H](Cc1c[nH]c2ccccc12)N1Cc2ccccc2C1=O. The van der Waals surface area contributed by atoms with Crippen molar-refractivity contribution in [1.82, 2.24) is 9.88 Å². The summed E-state index contributed by atoms with van der Waals surface area (Å²) in [6.45, 7) is 0.302. The van der Waals surface area contributed by atoms with Gasteiger partial charge < -0.3 is 19.8 Å². The summed E-state index contributed by atoms with van der Waals surface area (Å²) in [4.78, 5) is 28.8. The molecule has 5 nitrogen and oxygen atoms in total. The zero-order valence-corrected chi connectivity index (χ0v) is 12.9. The average Bonchev–Trinajstić information content (AvgIpc) is 3.14. The molecule has 1 atom stereocenters. The van der Waals surface area contributed by atoms with Gasteiger partial charge in [0, 0.05) is 35.6 Å². The lowest BCUT2D eigenvalue weighted by Gasteiger charge is -2.28. The van der Waals surface area contributed by atoms with Crippen molar-refractivity contribution in [2.75, 3.05) is 0 Å². The number of carbonyl (C=O) groups is 2. The number of para-hydroxylation sites is 1. The summed E-state index contributed by atoms with van der Waals surface area (Å²) in [5.41, 5.74) is 3.24. The Morgan fingerprint density at radius 3 is 2.71 bits per heavy atom. The first-order chi connectivity index (χ1) is 11.6. The zero-order chi connectivity index (χ0) is 16.7. The number of aromatic amines is 1. The van der Waals surface area contributed by atoms with E-state index >= 15 is 0 Å². The fraction of sp³-hybridized carbons (Fsp3) is 0.158. The number of rotatable bonds is 4. The number of H-pyrrole nitrogens is 1. The number of aliphatic carboxylic acids is 1. The summed E-state index contributed by atoms with van der Waals surface area (Å²) >= 11 is 0. The highest BCUT2D eigenvalue weighted by atomic mass is 16.4. The van der Waals surface area contributed by atoms with Crippen molar-refractivity contribution in [1.29, 1.82) is 0 Å². The van der Waals surface area contributed by atoms with Crippen LogP contribution in [0, 0.1) is 0 Å². The van der Waals surface area contributed by atoms with Crippen LogP contribution in [0.5, 0.6) is 0 Å². The standard InChI is InChI=1S/C19H16N2O3/c22-18-15-7-2-1-5-12(15)11-21(18)17(19(23)24)9-13-10-20-16-8-4-3-6-14(13)16/h1-8,10,17,20H,9,11H2,(H,23,24)/p-1/t17-/m1/s1. The third-order valence-corrected chi connectivity index (χ3v) is 4.59. The topological polar surface area (TPSA) is 76.2 Å². The van der Waals surface area contributed by atoms with Crippen molar-refractivity contribution >= 4 is 22.8 Å². The lowest BCUT2D eigenvalue weighted by atomic mass is 10.0. The predicted molar refractivity (Wildman–Crippen MR) is 87.1 cm³/mol. The maximum atomic E-state index is 12.6. The Bertz CT molecular complexity index is 944. The second-order valence-electron chi connectivity index (χ2n) is 5.99. The smallest absolute Gasteiger partial charge is 0.255 e. The van der Waals surface area contributed by atoms with E-state index in [9.17, 15) is 14.7 Å². The minimum atomic E-state index is -1.23. The number of hydrogen-bond acceptors (Lipinski definition) is 3. The molecular weight excluding hydrogens is 304 g/mol. The number of nitrogens with one attached hydrogen (secondary N) is 1. The molecule has 1 aliphatic heterocycles. The van der Waals surface area contributed by atoms with Crippen LogP contribution in [-0.4, -0.2) is 27.8 Å². The minimum absolute atomic E-state index is 0.214. The van der Waals surface area contributed by atoms with Gasteiger partial charge in [0.25, 0.3) is 5.91 Å². The molecular formula is C19H15N2O3-. The second kappa shape index (κ2) is 5.53. The van der Waals surface area contributed by atoms with Crippen molar-refractivity contribution in [3.8, 4) is 0 Å². The van der Waals surface area contributed by atoms with E-state index in [1.807, 2.05) is 36.4 Å². The number of aromatic nitrogens is 1. The maximum Gasteiger partial charge on any atom is 0.255 e. The van der Waals surface area contributed by atoms with E-state index in [0.29, 0.717) is 12.1 Å². The summed E-state index contributed by atoms with van der Waals surface area (Å²) in [6.07, 6.45) is 2.01. The molecule has 1 aliphatic rings. The Morgan fingerprint density at radius 1 is 1.17 bits per heavy atom. The molecule has 2 heterocycles. The normalized spacial score (nSPS) is 14.8. The lowest BCUT2D eigenvalue weighted by molar-refractivity contribution is -0.311. The third kappa shape index (κ3) is 2.25. The highest BCUT2D eigenvalue weighted by molar-refractivity contribution is 6.00. The van der Waals surface area contributed by atoms with E-state index in [-0.39, 0.29) is 12.3 Å². The monoisotopic (exact) mass is 319 g/mol. The van der Waals surface area contributed by atoms with Crippen molar-refractivity contribution in [2.24, 2.45) is 0 Å². The van der Waals surface area contributed by atoms with Crippen LogP contribution < -0.4 is 5.11 Å². The fourth-order valence-corrected chi connectivity index (χ4v) is 3.36. The van der Waals surface area contributed by atoms with Gasteiger partial charge in [-0.25, -0.2) is 0 Å². The van der Waals surface area contributed by atoms with Gasteiger partial charge in [-0.05, 0) is 23.3 Å².